The lowest BCUT2D eigenvalue weighted by molar-refractivity contribution is -0.131. The van der Waals surface area contributed by atoms with E-state index in [1.54, 1.807) is 19.2 Å². The van der Waals surface area contributed by atoms with Crippen molar-refractivity contribution in [3.63, 3.8) is 0 Å². The number of hydrogen-bond acceptors (Lipinski definition) is 5. The molecule has 1 fully saturated rings. The van der Waals surface area contributed by atoms with Gasteiger partial charge in [0, 0.05) is 56.6 Å². The zero-order chi connectivity index (χ0) is 18.4. The van der Waals surface area contributed by atoms with Gasteiger partial charge in [0.25, 0.3) is 0 Å². The van der Waals surface area contributed by atoms with Crippen LogP contribution in [0.15, 0.2) is 48.7 Å². The third-order valence-electron chi connectivity index (χ3n) is 4.54. The molecule has 1 amide bonds. The third kappa shape index (κ3) is 4.59. The fourth-order valence-corrected chi connectivity index (χ4v) is 3.05. The predicted octanol–water partition coefficient (Wildman–Crippen LogP) is 2.44. The lowest BCUT2D eigenvalue weighted by Crippen LogP contribution is -2.49. The number of hydrogen-bond donors (Lipinski definition) is 1. The largest absolute Gasteiger partial charge is 0.385 e. The molecule has 6 heteroatoms. The Morgan fingerprint density at radius 2 is 1.88 bits per heavy atom. The molecule has 0 unspecified atom stereocenters. The van der Waals surface area contributed by atoms with E-state index in [0.29, 0.717) is 18.5 Å². The van der Waals surface area contributed by atoms with Crippen LogP contribution in [-0.2, 0) is 4.79 Å². The minimum Gasteiger partial charge on any atom is -0.385 e. The fourth-order valence-electron chi connectivity index (χ4n) is 3.05. The van der Waals surface area contributed by atoms with Crippen LogP contribution in [0.25, 0.3) is 0 Å². The van der Waals surface area contributed by atoms with Crippen molar-refractivity contribution in [3.05, 3.63) is 54.2 Å². The van der Waals surface area contributed by atoms with E-state index in [1.807, 2.05) is 41.3 Å². The number of ketones is 1. The van der Waals surface area contributed by atoms with Crippen molar-refractivity contribution in [2.75, 3.05) is 42.9 Å². The van der Waals surface area contributed by atoms with Gasteiger partial charge in [-0.3, -0.25) is 9.59 Å². The van der Waals surface area contributed by atoms with Crippen LogP contribution in [0.4, 0.5) is 11.5 Å². The van der Waals surface area contributed by atoms with Crippen LogP contribution < -0.4 is 10.2 Å². The molecule has 0 aliphatic carbocycles. The van der Waals surface area contributed by atoms with Gasteiger partial charge in [-0.15, -0.1) is 0 Å². The average Bonchev–Trinajstić information content (AvgIpc) is 2.69. The van der Waals surface area contributed by atoms with E-state index >= 15 is 0 Å². The van der Waals surface area contributed by atoms with Crippen LogP contribution in [0.5, 0.6) is 0 Å². The summed E-state index contributed by atoms with van der Waals surface area (Å²) in [5.74, 6) is 1.16. The summed E-state index contributed by atoms with van der Waals surface area (Å²) in [6.07, 6.45) is 2.23. The van der Waals surface area contributed by atoms with Crippen molar-refractivity contribution in [1.29, 1.82) is 0 Å². The molecule has 1 aromatic carbocycles. The summed E-state index contributed by atoms with van der Waals surface area (Å²) in [6, 6.07) is 13.2. The number of aromatic nitrogens is 1. The molecule has 6 nitrogen and oxygen atoms in total. The van der Waals surface area contributed by atoms with Gasteiger partial charge >= 0.3 is 0 Å². The predicted molar refractivity (Wildman–Crippen MR) is 103 cm³/mol. The van der Waals surface area contributed by atoms with Crippen LogP contribution in [0, 0.1) is 0 Å². The second kappa shape index (κ2) is 8.47. The standard InChI is InChI=1S/C20H24N4O2/c1-16(25)17-5-4-6-18(15-17)21-10-8-20(26)24-13-11-23(12-14-24)19-7-2-3-9-22-19/h2-7,9,15,21H,8,10-14H2,1H3. The van der Waals surface area contributed by atoms with Crippen molar-refractivity contribution >= 4 is 23.2 Å². The number of Topliss-reactive ketones (excluding diaryl/α,β-unsaturated/α-hetero) is 1. The van der Waals surface area contributed by atoms with Crippen molar-refractivity contribution in [3.8, 4) is 0 Å². The van der Waals surface area contributed by atoms with E-state index in [-0.39, 0.29) is 11.7 Å². The highest BCUT2D eigenvalue weighted by Gasteiger charge is 2.21. The average molecular weight is 352 g/mol. The first-order chi connectivity index (χ1) is 12.6. The third-order valence-corrected chi connectivity index (χ3v) is 4.54. The van der Waals surface area contributed by atoms with Crippen LogP contribution >= 0.6 is 0 Å². The number of piperazine rings is 1. The molecule has 1 aromatic heterocycles. The Labute approximate surface area is 153 Å². The lowest BCUT2D eigenvalue weighted by atomic mass is 10.1. The van der Waals surface area contributed by atoms with E-state index in [0.717, 1.165) is 37.7 Å². The van der Waals surface area contributed by atoms with Crippen molar-refractivity contribution in [2.45, 2.75) is 13.3 Å². The topological polar surface area (TPSA) is 65.5 Å². The summed E-state index contributed by atoms with van der Waals surface area (Å²) < 4.78 is 0. The quantitative estimate of drug-likeness (QED) is 0.809. The molecule has 3 rings (SSSR count). The molecule has 136 valence electrons. The van der Waals surface area contributed by atoms with Crippen molar-refractivity contribution in [1.82, 2.24) is 9.88 Å². The van der Waals surface area contributed by atoms with Gasteiger partial charge in [-0.1, -0.05) is 18.2 Å². The van der Waals surface area contributed by atoms with Gasteiger partial charge in [0.15, 0.2) is 5.78 Å². The first-order valence-corrected chi connectivity index (χ1v) is 8.92. The summed E-state index contributed by atoms with van der Waals surface area (Å²) in [5.41, 5.74) is 1.54. The van der Waals surface area contributed by atoms with Gasteiger partial charge in [0.2, 0.25) is 5.91 Å². The normalized spacial score (nSPS) is 14.2. The van der Waals surface area contributed by atoms with E-state index in [9.17, 15) is 9.59 Å². The van der Waals surface area contributed by atoms with Gasteiger partial charge in [-0.2, -0.15) is 0 Å². The van der Waals surface area contributed by atoms with Crippen LogP contribution in [0.2, 0.25) is 0 Å². The molecule has 2 heterocycles. The second-order valence-corrected chi connectivity index (χ2v) is 6.37. The fraction of sp³-hybridized carbons (Fsp3) is 0.350. The van der Waals surface area contributed by atoms with Gasteiger partial charge in [-0.25, -0.2) is 4.98 Å². The monoisotopic (exact) mass is 352 g/mol. The van der Waals surface area contributed by atoms with Gasteiger partial charge in [-0.05, 0) is 31.2 Å². The van der Waals surface area contributed by atoms with Crippen molar-refractivity contribution < 1.29 is 9.59 Å². The maximum Gasteiger partial charge on any atom is 0.224 e. The highest BCUT2D eigenvalue weighted by atomic mass is 16.2. The highest BCUT2D eigenvalue weighted by Crippen LogP contribution is 2.14. The summed E-state index contributed by atoms with van der Waals surface area (Å²) in [4.78, 5) is 32.3. The molecule has 1 aliphatic rings. The molecule has 2 aromatic rings. The Morgan fingerprint density at radius 3 is 2.58 bits per heavy atom. The first kappa shape index (κ1) is 17.9. The summed E-state index contributed by atoms with van der Waals surface area (Å²) in [6.45, 7) is 5.14. The van der Waals surface area contributed by atoms with E-state index in [2.05, 4.69) is 15.2 Å². The van der Waals surface area contributed by atoms with Gasteiger partial charge < -0.3 is 15.1 Å². The Hall–Kier alpha value is -2.89. The van der Waals surface area contributed by atoms with Gasteiger partial charge in [0.05, 0.1) is 0 Å². The highest BCUT2D eigenvalue weighted by molar-refractivity contribution is 5.94. The zero-order valence-electron chi connectivity index (χ0n) is 15.0. The minimum absolute atomic E-state index is 0.0375. The van der Waals surface area contributed by atoms with Crippen LogP contribution in [0.1, 0.15) is 23.7 Å². The Morgan fingerprint density at radius 1 is 1.08 bits per heavy atom. The number of carbonyl (C=O) groups excluding carboxylic acids is 2. The second-order valence-electron chi connectivity index (χ2n) is 6.37. The van der Waals surface area contributed by atoms with E-state index in [1.165, 1.54) is 0 Å². The number of amides is 1. The van der Waals surface area contributed by atoms with E-state index in [4.69, 9.17) is 0 Å². The molecule has 0 radical (unpaired) electrons. The Balaban J connectivity index is 1.43. The van der Waals surface area contributed by atoms with Crippen LogP contribution in [0.3, 0.4) is 0 Å². The van der Waals surface area contributed by atoms with Crippen LogP contribution in [-0.4, -0.2) is 54.3 Å². The minimum atomic E-state index is 0.0375. The number of carbonyl (C=O) groups is 2. The number of nitrogens with one attached hydrogen (secondary N) is 1. The number of anilines is 2. The Kier molecular flexibility index (Phi) is 5.84. The molecule has 26 heavy (non-hydrogen) atoms. The molecular weight excluding hydrogens is 328 g/mol. The SMILES string of the molecule is CC(=O)c1cccc(NCCC(=O)N2CCN(c3ccccn3)CC2)c1. The zero-order valence-corrected chi connectivity index (χ0v) is 15.0. The number of nitrogens with zero attached hydrogens (tertiary/aromatic N) is 3. The number of rotatable bonds is 6. The summed E-state index contributed by atoms with van der Waals surface area (Å²) >= 11 is 0. The maximum atomic E-state index is 12.4. The molecule has 1 N–H and O–H groups in total. The molecule has 0 bridgehead atoms. The molecule has 0 spiro atoms. The molecular formula is C20H24N4O2. The molecule has 0 saturated carbocycles. The van der Waals surface area contributed by atoms with Crippen molar-refractivity contribution in [2.24, 2.45) is 0 Å². The molecule has 0 atom stereocenters. The Bertz CT molecular complexity index is 755. The van der Waals surface area contributed by atoms with E-state index < -0.39 is 0 Å². The summed E-state index contributed by atoms with van der Waals surface area (Å²) in [7, 11) is 0. The lowest BCUT2D eigenvalue weighted by Gasteiger charge is -2.35. The number of pyridine rings is 1. The molecule has 1 aliphatic heterocycles. The summed E-state index contributed by atoms with van der Waals surface area (Å²) in [5, 5.41) is 3.22. The number of benzene rings is 1. The molecule has 1 saturated heterocycles. The first-order valence-electron chi connectivity index (χ1n) is 8.92. The van der Waals surface area contributed by atoms with Gasteiger partial charge in [0.1, 0.15) is 5.82 Å². The smallest absolute Gasteiger partial charge is 0.224 e. The maximum absolute atomic E-state index is 12.4.